The van der Waals surface area contributed by atoms with E-state index in [1.54, 1.807) is 17.9 Å². The SMILES string of the molecule is CCN(C(=O)COc1ccc([C@@H](C)O)cc1F)C1CC1. The molecule has 0 heterocycles. The zero-order valence-corrected chi connectivity index (χ0v) is 11.8. The van der Waals surface area contributed by atoms with Crippen molar-refractivity contribution in [1.29, 1.82) is 0 Å². The van der Waals surface area contributed by atoms with Crippen LogP contribution in [0, 0.1) is 5.82 Å². The molecule has 4 nitrogen and oxygen atoms in total. The van der Waals surface area contributed by atoms with Gasteiger partial charge in [-0.05, 0) is 44.4 Å². The molecule has 1 aliphatic rings. The van der Waals surface area contributed by atoms with Gasteiger partial charge in [0.15, 0.2) is 18.2 Å². The highest BCUT2D eigenvalue weighted by Gasteiger charge is 2.31. The molecule has 1 aliphatic carbocycles. The summed E-state index contributed by atoms with van der Waals surface area (Å²) in [6.07, 6.45) is 1.35. The van der Waals surface area contributed by atoms with Crippen molar-refractivity contribution in [3.05, 3.63) is 29.6 Å². The second kappa shape index (κ2) is 6.22. The largest absolute Gasteiger partial charge is 0.481 e. The highest BCUT2D eigenvalue weighted by atomic mass is 19.1. The molecular formula is C15H20FNO3. The Labute approximate surface area is 118 Å². The fourth-order valence-electron chi connectivity index (χ4n) is 2.14. The summed E-state index contributed by atoms with van der Waals surface area (Å²) >= 11 is 0. The molecule has 0 aliphatic heterocycles. The summed E-state index contributed by atoms with van der Waals surface area (Å²) in [6.45, 7) is 3.98. The summed E-state index contributed by atoms with van der Waals surface area (Å²) in [6, 6.07) is 4.59. The number of hydrogen-bond acceptors (Lipinski definition) is 3. The van der Waals surface area contributed by atoms with Crippen molar-refractivity contribution < 1.29 is 19.0 Å². The normalized spacial score (nSPS) is 15.8. The van der Waals surface area contributed by atoms with Gasteiger partial charge in [-0.15, -0.1) is 0 Å². The lowest BCUT2D eigenvalue weighted by Gasteiger charge is -2.20. The number of ether oxygens (including phenoxy) is 1. The fourth-order valence-corrected chi connectivity index (χ4v) is 2.14. The Hall–Kier alpha value is -1.62. The molecule has 1 amide bonds. The van der Waals surface area contributed by atoms with E-state index >= 15 is 0 Å². The second-order valence-electron chi connectivity index (χ2n) is 5.07. The summed E-state index contributed by atoms with van der Waals surface area (Å²) in [4.78, 5) is 13.7. The van der Waals surface area contributed by atoms with Crippen LogP contribution in [0.25, 0.3) is 0 Å². The molecule has 0 aromatic heterocycles. The molecule has 0 radical (unpaired) electrons. The van der Waals surface area contributed by atoms with Crippen LogP contribution < -0.4 is 4.74 Å². The monoisotopic (exact) mass is 281 g/mol. The van der Waals surface area contributed by atoms with Crippen molar-refractivity contribution >= 4 is 5.91 Å². The van der Waals surface area contributed by atoms with E-state index in [0.29, 0.717) is 18.2 Å². The topological polar surface area (TPSA) is 49.8 Å². The molecule has 2 rings (SSSR count). The van der Waals surface area contributed by atoms with Crippen molar-refractivity contribution in [2.45, 2.75) is 38.8 Å². The van der Waals surface area contributed by atoms with Crippen LogP contribution in [-0.4, -0.2) is 35.1 Å². The Balaban J connectivity index is 1.95. The van der Waals surface area contributed by atoms with E-state index in [1.165, 1.54) is 12.1 Å². The maximum Gasteiger partial charge on any atom is 0.260 e. The minimum Gasteiger partial charge on any atom is -0.481 e. The van der Waals surface area contributed by atoms with Crippen LogP contribution in [-0.2, 0) is 4.79 Å². The molecule has 1 aromatic carbocycles. The molecule has 0 bridgehead atoms. The number of hydrogen-bond donors (Lipinski definition) is 1. The van der Waals surface area contributed by atoms with Gasteiger partial charge in [0, 0.05) is 12.6 Å². The molecule has 20 heavy (non-hydrogen) atoms. The quantitative estimate of drug-likeness (QED) is 0.870. The number of aliphatic hydroxyl groups is 1. The van der Waals surface area contributed by atoms with Crippen molar-refractivity contribution in [1.82, 2.24) is 4.90 Å². The molecule has 0 unspecified atom stereocenters. The Morgan fingerprint density at radius 1 is 1.55 bits per heavy atom. The van der Waals surface area contributed by atoms with Crippen LogP contribution in [0.2, 0.25) is 0 Å². The Bertz CT molecular complexity index is 486. The Morgan fingerprint density at radius 3 is 2.75 bits per heavy atom. The first kappa shape index (κ1) is 14.8. The number of carbonyl (C=O) groups excluding carboxylic acids is 1. The van der Waals surface area contributed by atoms with Gasteiger partial charge in [-0.2, -0.15) is 0 Å². The highest BCUT2D eigenvalue weighted by molar-refractivity contribution is 5.78. The number of halogens is 1. The van der Waals surface area contributed by atoms with E-state index in [-0.39, 0.29) is 18.3 Å². The van der Waals surface area contributed by atoms with Crippen molar-refractivity contribution in [2.75, 3.05) is 13.2 Å². The zero-order valence-electron chi connectivity index (χ0n) is 11.8. The average molecular weight is 281 g/mol. The third kappa shape index (κ3) is 3.48. The van der Waals surface area contributed by atoms with E-state index in [0.717, 1.165) is 12.8 Å². The van der Waals surface area contributed by atoms with Crippen LogP contribution in [0.1, 0.15) is 38.4 Å². The van der Waals surface area contributed by atoms with Gasteiger partial charge < -0.3 is 14.7 Å². The summed E-state index contributed by atoms with van der Waals surface area (Å²) in [5.74, 6) is -0.644. The van der Waals surface area contributed by atoms with Crippen LogP contribution in [0.3, 0.4) is 0 Å². The number of rotatable bonds is 6. The van der Waals surface area contributed by atoms with Crippen molar-refractivity contribution in [3.8, 4) is 5.75 Å². The molecule has 5 heteroatoms. The summed E-state index contributed by atoms with van der Waals surface area (Å²) in [5.41, 5.74) is 0.481. The lowest BCUT2D eigenvalue weighted by atomic mass is 10.1. The number of carbonyl (C=O) groups is 1. The van der Waals surface area contributed by atoms with Crippen LogP contribution in [0.5, 0.6) is 5.75 Å². The maximum atomic E-state index is 13.8. The van der Waals surface area contributed by atoms with Crippen LogP contribution >= 0.6 is 0 Å². The number of aliphatic hydroxyl groups excluding tert-OH is 1. The minimum absolute atomic E-state index is 0.0367. The van der Waals surface area contributed by atoms with Gasteiger partial charge in [0.2, 0.25) is 0 Å². The molecule has 110 valence electrons. The van der Waals surface area contributed by atoms with E-state index in [2.05, 4.69) is 0 Å². The first-order chi connectivity index (χ1) is 9.52. The number of amides is 1. The molecule has 0 spiro atoms. The number of nitrogens with zero attached hydrogens (tertiary/aromatic N) is 1. The first-order valence-electron chi connectivity index (χ1n) is 6.92. The van der Waals surface area contributed by atoms with Gasteiger partial charge >= 0.3 is 0 Å². The highest BCUT2D eigenvalue weighted by Crippen LogP contribution is 2.27. The second-order valence-corrected chi connectivity index (χ2v) is 5.07. The Morgan fingerprint density at radius 2 is 2.25 bits per heavy atom. The van der Waals surface area contributed by atoms with E-state index < -0.39 is 11.9 Å². The lowest BCUT2D eigenvalue weighted by molar-refractivity contribution is -0.133. The molecule has 1 saturated carbocycles. The van der Waals surface area contributed by atoms with E-state index in [1.807, 2.05) is 6.92 Å². The van der Waals surface area contributed by atoms with Crippen molar-refractivity contribution in [3.63, 3.8) is 0 Å². The van der Waals surface area contributed by atoms with E-state index in [9.17, 15) is 14.3 Å². The minimum atomic E-state index is -0.731. The predicted molar refractivity (Wildman–Crippen MR) is 72.9 cm³/mol. The predicted octanol–water partition coefficient (Wildman–Crippen LogP) is 2.27. The third-order valence-corrected chi connectivity index (χ3v) is 3.44. The van der Waals surface area contributed by atoms with Gasteiger partial charge in [0.1, 0.15) is 0 Å². The van der Waals surface area contributed by atoms with Crippen LogP contribution in [0.4, 0.5) is 4.39 Å². The van der Waals surface area contributed by atoms with Crippen LogP contribution in [0.15, 0.2) is 18.2 Å². The summed E-state index contributed by atoms with van der Waals surface area (Å²) < 4.78 is 19.0. The summed E-state index contributed by atoms with van der Waals surface area (Å²) in [7, 11) is 0. The molecule has 1 N–H and O–H groups in total. The van der Waals surface area contributed by atoms with Crippen molar-refractivity contribution in [2.24, 2.45) is 0 Å². The van der Waals surface area contributed by atoms with Gasteiger partial charge in [-0.1, -0.05) is 6.07 Å². The third-order valence-electron chi connectivity index (χ3n) is 3.44. The van der Waals surface area contributed by atoms with Gasteiger partial charge in [-0.3, -0.25) is 4.79 Å². The molecule has 1 atom stereocenters. The molecule has 1 fully saturated rings. The fraction of sp³-hybridized carbons (Fsp3) is 0.533. The first-order valence-corrected chi connectivity index (χ1v) is 6.92. The Kier molecular flexibility index (Phi) is 4.60. The smallest absolute Gasteiger partial charge is 0.260 e. The molecule has 0 saturated heterocycles. The molecular weight excluding hydrogens is 261 g/mol. The zero-order chi connectivity index (χ0) is 14.7. The standard InChI is InChI=1S/C15H20FNO3/c1-3-17(12-5-6-12)15(19)9-20-14-7-4-11(10(2)18)8-13(14)16/h4,7-8,10,12,18H,3,5-6,9H2,1-2H3/t10-/m1/s1. The lowest BCUT2D eigenvalue weighted by Crippen LogP contribution is -2.36. The average Bonchev–Trinajstić information content (AvgIpc) is 3.22. The van der Waals surface area contributed by atoms with Gasteiger partial charge in [-0.25, -0.2) is 4.39 Å². The number of likely N-dealkylation sites (N-methyl/N-ethyl adjacent to an activating group) is 1. The number of benzene rings is 1. The maximum absolute atomic E-state index is 13.8. The van der Waals surface area contributed by atoms with Gasteiger partial charge in [0.05, 0.1) is 6.10 Å². The molecule has 1 aromatic rings. The van der Waals surface area contributed by atoms with E-state index in [4.69, 9.17) is 4.74 Å². The summed E-state index contributed by atoms with van der Waals surface area (Å²) in [5, 5.41) is 9.36. The van der Waals surface area contributed by atoms with Gasteiger partial charge in [0.25, 0.3) is 5.91 Å².